The number of hydrogen-bond donors (Lipinski definition) is 1. The molecule has 1 amide bonds. The molecule has 0 heterocycles. The molecule has 0 fully saturated rings. The average molecular weight is 415 g/mol. The molecule has 0 aliphatic rings. The van der Waals surface area contributed by atoms with E-state index in [4.69, 9.17) is 18.9 Å². The summed E-state index contributed by atoms with van der Waals surface area (Å²) in [5, 5.41) is 2.59. The van der Waals surface area contributed by atoms with E-state index < -0.39 is 24.5 Å². The monoisotopic (exact) mass is 415 g/mol. The summed E-state index contributed by atoms with van der Waals surface area (Å²) in [6.45, 7) is 5.35. The number of carbonyl (C=O) groups is 3. The Labute approximate surface area is 175 Å². The highest BCUT2D eigenvalue weighted by atomic mass is 16.5. The van der Waals surface area contributed by atoms with Crippen LogP contribution in [0.5, 0.6) is 11.5 Å². The molecule has 2 aromatic carbocycles. The minimum absolute atomic E-state index is 0.220. The summed E-state index contributed by atoms with van der Waals surface area (Å²) in [6.07, 6.45) is -0.220. The predicted octanol–water partition coefficient (Wildman–Crippen LogP) is 3.45. The standard InChI is InChI=1S/C22H25NO7/c1-5-28-18-11-8-16(12-19(18)27-4)21(25)29-13-20(24)23-17-9-6-15(7-10-17)22(26)30-14(2)3/h6-12,14H,5,13H2,1-4H3,(H,23,24). The van der Waals surface area contributed by atoms with Gasteiger partial charge in [-0.15, -0.1) is 0 Å². The van der Waals surface area contributed by atoms with Gasteiger partial charge in [-0.05, 0) is 63.2 Å². The molecule has 0 bridgehead atoms. The number of ether oxygens (including phenoxy) is 4. The van der Waals surface area contributed by atoms with E-state index in [1.165, 1.54) is 19.2 Å². The molecular weight excluding hydrogens is 390 g/mol. The van der Waals surface area contributed by atoms with Crippen molar-refractivity contribution < 1.29 is 33.3 Å². The van der Waals surface area contributed by atoms with Crippen molar-refractivity contribution in [3.05, 3.63) is 53.6 Å². The SMILES string of the molecule is CCOc1ccc(C(=O)OCC(=O)Nc2ccc(C(=O)OC(C)C)cc2)cc1OC. The van der Waals surface area contributed by atoms with Crippen LogP contribution in [0.25, 0.3) is 0 Å². The number of esters is 2. The Morgan fingerprint density at radius 2 is 1.60 bits per heavy atom. The van der Waals surface area contributed by atoms with Gasteiger partial charge in [0.1, 0.15) is 0 Å². The van der Waals surface area contributed by atoms with E-state index in [2.05, 4.69) is 5.32 Å². The van der Waals surface area contributed by atoms with Crippen LogP contribution in [-0.2, 0) is 14.3 Å². The zero-order valence-electron chi connectivity index (χ0n) is 17.4. The van der Waals surface area contributed by atoms with Gasteiger partial charge in [0.25, 0.3) is 5.91 Å². The minimum atomic E-state index is -0.668. The van der Waals surface area contributed by atoms with Gasteiger partial charge in [0, 0.05) is 5.69 Å². The van der Waals surface area contributed by atoms with E-state index in [0.717, 1.165) is 0 Å². The first-order valence-corrected chi connectivity index (χ1v) is 9.42. The molecule has 0 atom stereocenters. The van der Waals surface area contributed by atoms with Crippen LogP contribution < -0.4 is 14.8 Å². The van der Waals surface area contributed by atoms with Gasteiger partial charge in [-0.2, -0.15) is 0 Å². The van der Waals surface area contributed by atoms with Crippen molar-refractivity contribution in [3.8, 4) is 11.5 Å². The fourth-order valence-electron chi connectivity index (χ4n) is 2.45. The number of benzene rings is 2. The van der Waals surface area contributed by atoms with Gasteiger partial charge in [-0.3, -0.25) is 4.79 Å². The lowest BCUT2D eigenvalue weighted by Gasteiger charge is -2.11. The average Bonchev–Trinajstić information content (AvgIpc) is 2.72. The summed E-state index contributed by atoms with van der Waals surface area (Å²) >= 11 is 0. The third kappa shape index (κ3) is 6.51. The highest BCUT2D eigenvalue weighted by Gasteiger charge is 2.14. The van der Waals surface area contributed by atoms with Crippen molar-refractivity contribution in [2.45, 2.75) is 26.9 Å². The van der Waals surface area contributed by atoms with Crippen molar-refractivity contribution in [1.29, 1.82) is 0 Å². The lowest BCUT2D eigenvalue weighted by molar-refractivity contribution is -0.119. The van der Waals surface area contributed by atoms with Crippen LogP contribution in [0.1, 0.15) is 41.5 Å². The van der Waals surface area contributed by atoms with Crippen LogP contribution in [0.2, 0.25) is 0 Å². The largest absolute Gasteiger partial charge is 0.493 e. The Hall–Kier alpha value is -3.55. The Kier molecular flexibility index (Phi) is 8.22. The summed E-state index contributed by atoms with van der Waals surface area (Å²) in [5.74, 6) is -0.721. The van der Waals surface area contributed by atoms with Crippen molar-refractivity contribution in [2.24, 2.45) is 0 Å². The number of hydrogen-bond acceptors (Lipinski definition) is 7. The zero-order valence-corrected chi connectivity index (χ0v) is 17.4. The van der Waals surface area contributed by atoms with E-state index in [0.29, 0.717) is 29.4 Å². The Balaban J connectivity index is 1.90. The van der Waals surface area contributed by atoms with Gasteiger partial charge in [-0.25, -0.2) is 9.59 Å². The van der Waals surface area contributed by atoms with E-state index in [1.807, 2.05) is 6.92 Å². The summed E-state index contributed by atoms with van der Waals surface area (Å²) in [4.78, 5) is 36.1. The van der Waals surface area contributed by atoms with E-state index >= 15 is 0 Å². The molecule has 0 aliphatic carbocycles. The van der Waals surface area contributed by atoms with Gasteiger partial charge in [0.05, 0.1) is 30.9 Å². The van der Waals surface area contributed by atoms with Gasteiger partial charge < -0.3 is 24.3 Å². The molecule has 8 nitrogen and oxygen atoms in total. The number of carbonyl (C=O) groups excluding carboxylic acids is 3. The topological polar surface area (TPSA) is 100 Å². The molecule has 0 radical (unpaired) electrons. The Morgan fingerprint density at radius 1 is 0.933 bits per heavy atom. The molecular formula is C22H25NO7. The molecule has 1 N–H and O–H groups in total. The van der Waals surface area contributed by atoms with E-state index in [-0.39, 0.29) is 11.7 Å². The minimum Gasteiger partial charge on any atom is -0.493 e. The molecule has 2 rings (SSSR count). The summed E-state index contributed by atoms with van der Waals surface area (Å²) < 4.78 is 20.7. The zero-order chi connectivity index (χ0) is 22.1. The fraction of sp³-hybridized carbons (Fsp3) is 0.318. The first kappa shape index (κ1) is 22.7. The third-order valence-electron chi connectivity index (χ3n) is 3.78. The van der Waals surface area contributed by atoms with Crippen LogP contribution >= 0.6 is 0 Å². The second-order valence-electron chi connectivity index (χ2n) is 6.45. The van der Waals surface area contributed by atoms with Crippen LogP contribution in [0.3, 0.4) is 0 Å². The summed E-state index contributed by atoms with van der Waals surface area (Å²) in [7, 11) is 1.47. The van der Waals surface area contributed by atoms with Crippen molar-refractivity contribution in [3.63, 3.8) is 0 Å². The van der Waals surface area contributed by atoms with Crippen molar-refractivity contribution >= 4 is 23.5 Å². The fourth-order valence-corrected chi connectivity index (χ4v) is 2.45. The van der Waals surface area contributed by atoms with Crippen molar-refractivity contribution in [2.75, 3.05) is 25.6 Å². The first-order valence-electron chi connectivity index (χ1n) is 9.42. The molecule has 2 aromatic rings. The second kappa shape index (κ2) is 10.8. The number of amides is 1. The molecule has 0 saturated heterocycles. The molecule has 0 aliphatic heterocycles. The lowest BCUT2D eigenvalue weighted by Crippen LogP contribution is -2.21. The summed E-state index contributed by atoms with van der Waals surface area (Å²) in [6, 6.07) is 10.8. The summed E-state index contributed by atoms with van der Waals surface area (Å²) in [5.41, 5.74) is 1.06. The number of nitrogens with one attached hydrogen (secondary N) is 1. The van der Waals surface area contributed by atoms with Gasteiger partial charge in [-0.1, -0.05) is 0 Å². The Morgan fingerprint density at radius 3 is 2.20 bits per heavy atom. The van der Waals surface area contributed by atoms with Gasteiger partial charge in [0.15, 0.2) is 18.1 Å². The maximum atomic E-state index is 12.2. The molecule has 8 heteroatoms. The van der Waals surface area contributed by atoms with Gasteiger partial charge in [0.2, 0.25) is 0 Å². The van der Waals surface area contributed by atoms with E-state index in [1.54, 1.807) is 44.2 Å². The normalized spacial score (nSPS) is 10.3. The first-order chi connectivity index (χ1) is 14.3. The second-order valence-corrected chi connectivity index (χ2v) is 6.45. The van der Waals surface area contributed by atoms with Gasteiger partial charge >= 0.3 is 11.9 Å². The quantitative estimate of drug-likeness (QED) is 0.626. The highest BCUT2D eigenvalue weighted by molar-refractivity contribution is 5.96. The molecule has 30 heavy (non-hydrogen) atoms. The Bertz CT molecular complexity index is 891. The molecule has 160 valence electrons. The van der Waals surface area contributed by atoms with Crippen LogP contribution in [-0.4, -0.2) is 44.3 Å². The molecule has 0 saturated carbocycles. The molecule has 0 unspecified atom stereocenters. The smallest absolute Gasteiger partial charge is 0.338 e. The van der Waals surface area contributed by atoms with Crippen LogP contribution in [0, 0.1) is 0 Å². The highest BCUT2D eigenvalue weighted by Crippen LogP contribution is 2.28. The number of rotatable bonds is 9. The maximum absolute atomic E-state index is 12.2. The van der Waals surface area contributed by atoms with E-state index in [9.17, 15) is 14.4 Å². The predicted molar refractivity (Wildman–Crippen MR) is 110 cm³/mol. The number of anilines is 1. The molecule has 0 aromatic heterocycles. The van der Waals surface area contributed by atoms with Crippen LogP contribution in [0.15, 0.2) is 42.5 Å². The number of methoxy groups -OCH3 is 1. The molecule has 0 spiro atoms. The maximum Gasteiger partial charge on any atom is 0.338 e. The lowest BCUT2D eigenvalue weighted by atomic mass is 10.2. The van der Waals surface area contributed by atoms with Crippen LogP contribution in [0.4, 0.5) is 5.69 Å². The third-order valence-corrected chi connectivity index (χ3v) is 3.78. The van der Waals surface area contributed by atoms with Crippen molar-refractivity contribution in [1.82, 2.24) is 0 Å².